The molecule has 1 aliphatic rings. The summed E-state index contributed by atoms with van der Waals surface area (Å²) in [5.41, 5.74) is 1.05. The van der Waals surface area contributed by atoms with E-state index in [1.807, 2.05) is 35.2 Å². The smallest absolute Gasteiger partial charge is 0.245 e. The van der Waals surface area contributed by atoms with Crippen molar-refractivity contribution in [3.8, 4) is 0 Å². The van der Waals surface area contributed by atoms with Gasteiger partial charge in [0.25, 0.3) is 0 Å². The maximum atomic E-state index is 12.8. The van der Waals surface area contributed by atoms with Crippen LogP contribution in [0.1, 0.15) is 38.3 Å². The number of nitrogens with zero attached hydrogens (tertiary/aromatic N) is 1. The van der Waals surface area contributed by atoms with Gasteiger partial charge in [0, 0.05) is 13.7 Å². The van der Waals surface area contributed by atoms with Crippen molar-refractivity contribution in [2.75, 3.05) is 20.3 Å². The second-order valence-corrected chi connectivity index (χ2v) is 5.87. The molecule has 1 aromatic rings. The predicted molar refractivity (Wildman–Crippen MR) is 83.8 cm³/mol. The normalized spacial score (nSPS) is 23.6. The van der Waals surface area contributed by atoms with Gasteiger partial charge in [-0.2, -0.15) is 0 Å². The minimum atomic E-state index is -0.211. The van der Waals surface area contributed by atoms with E-state index in [-0.39, 0.29) is 18.1 Å². The fraction of sp³-hybridized carbons (Fsp3) is 0.588. The number of amides is 1. The molecule has 0 spiro atoms. The quantitative estimate of drug-likeness (QED) is 0.839. The van der Waals surface area contributed by atoms with Gasteiger partial charge in [0.1, 0.15) is 6.04 Å². The molecule has 3 unspecified atom stereocenters. The first kappa shape index (κ1) is 16.0. The number of benzene rings is 1. The second-order valence-electron chi connectivity index (χ2n) is 5.87. The van der Waals surface area contributed by atoms with E-state index in [0.717, 1.165) is 24.9 Å². The number of hydrogen-bond acceptors (Lipinski definition) is 3. The fourth-order valence-corrected chi connectivity index (χ4v) is 2.96. The standard InChI is InChI=1S/C17H26N2O2/c1-4-8-15-18-16(14-9-6-5-7-10-14)17(20)19(15)11-13(2)12-21-3/h5-7,9-10,13,15-16,18H,4,8,11-12H2,1-3H3. The summed E-state index contributed by atoms with van der Waals surface area (Å²) in [6.45, 7) is 5.70. The molecule has 116 valence electrons. The highest BCUT2D eigenvalue weighted by atomic mass is 16.5. The molecule has 1 aliphatic heterocycles. The molecular weight excluding hydrogens is 264 g/mol. The summed E-state index contributed by atoms with van der Waals surface area (Å²) >= 11 is 0. The summed E-state index contributed by atoms with van der Waals surface area (Å²) < 4.78 is 5.20. The van der Waals surface area contributed by atoms with E-state index in [2.05, 4.69) is 19.2 Å². The van der Waals surface area contributed by atoms with Gasteiger partial charge in [0.2, 0.25) is 5.91 Å². The van der Waals surface area contributed by atoms with Gasteiger partial charge in [-0.25, -0.2) is 0 Å². The van der Waals surface area contributed by atoms with Crippen LogP contribution in [0.4, 0.5) is 0 Å². The molecular formula is C17H26N2O2. The molecule has 0 aromatic heterocycles. The first-order valence-corrected chi connectivity index (χ1v) is 7.77. The molecule has 0 saturated carbocycles. The summed E-state index contributed by atoms with van der Waals surface area (Å²) in [5.74, 6) is 0.525. The zero-order valence-corrected chi connectivity index (χ0v) is 13.2. The molecule has 1 heterocycles. The molecule has 0 bridgehead atoms. The van der Waals surface area contributed by atoms with Crippen LogP contribution in [0.2, 0.25) is 0 Å². The Hall–Kier alpha value is -1.39. The lowest BCUT2D eigenvalue weighted by molar-refractivity contribution is -0.131. The molecule has 4 nitrogen and oxygen atoms in total. The highest BCUT2D eigenvalue weighted by Gasteiger charge is 2.39. The highest BCUT2D eigenvalue weighted by Crippen LogP contribution is 2.26. The molecule has 0 radical (unpaired) electrons. The summed E-state index contributed by atoms with van der Waals surface area (Å²) in [4.78, 5) is 14.7. The van der Waals surface area contributed by atoms with E-state index in [1.165, 1.54) is 0 Å². The van der Waals surface area contributed by atoms with Crippen LogP contribution in [-0.4, -0.2) is 37.2 Å². The third kappa shape index (κ3) is 3.83. The molecule has 4 heteroatoms. The molecule has 1 saturated heterocycles. The number of nitrogens with one attached hydrogen (secondary N) is 1. The number of carbonyl (C=O) groups excluding carboxylic acids is 1. The number of ether oxygens (including phenoxy) is 1. The molecule has 1 aromatic carbocycles. The molecule has 21 heavy (non-hydrogen) atoms. The summed E-state index contributed by atoms with van der Waals surface area (Å²) in [6, 6.07) is 9.76. The van der Waals surface area contributed by atoms with Crippen molar-refractivity contribution >= 4 is 5.91 Å². The van der Waals surface area contributed by atoms with E-state index < -0.39 is 0 Å². The molecule has 3 atom stereocenters. The minimum absolute atomic E-state index is 0.131. The predicted octanol–water partition coefficient (Wildman–Crippen LogP) is 2.57. The van der Waals surface area contributed by atoms with E-state index in [9.17, 15) is 4.79 Å². The zero-order valence-electron chi connectivity index (χ0n) is 13.2. The molecule has 2 rings (SSSR count). The van der Waals surface area contributed by atoms with Gasteiger partial charge in [-0.05, 0) is 17.9 Å². The summed E-state index contributed by atoms with van der Waals surface area (Å²) in [6.07, 6.45) is 2.17. The minimum Gasteiger partial charge on any atom is -0.384 e. The molecule has 1 N–H and O–H groups in total. The third-order valence-electron chi connectivity index (χ3n) is 3.92. The van der Waals surface area contributed by atoms with Crippen LogP contribution >= 0.6 is 0 Å². The van der Waals surface area contributed by atoms with Gasteiger partial charge < -0.3 is 9.64 Å². The average Bonchev–Trinajstić information content (AvgIpc) is 2.78. The fourth-order valence-electron chi connectivity index (χ4n) is 2.96. The highest BCUT2D eigenvalue weighted by molar-refractivity contribution is 5.85. The van der Waals surface area contributed by atoms with E-state index in [1.54, 1.807) is 7.11 Å². The summed E-state index contributed by atoms with van der Waals surface area (Å²) in [5, 5.41) is 3.49. The summed E-state index contributed by atoms with van der Waals surface area (Å²) in [7, 11) is 1.71. The van der Waals surface area contributed by atoms with Crippen LogP contribution in [0.3, 0.4) is 0 Å². The van der Waals surface area contributed by atoms with Crippen LogP contribution < -0.4 is 5.32 Å². The van der Waals surface area contributed by atoms with Crippen LogP contribution in [0, 0.1) is 5.92 Å². The van der Waals surface area contributed by atoms with Gasteiger partial charge >= 0.3 is 0 Å². The van der Waals surface area contributed by atoms with Crippen molar-refractivity contribution < 1.29 is 9.53 Å². The zero-order chi connectivity index (χ0) is 15.2. The Bertz CT molecular complexity index is 449. The second kappa shape index (κ2) is 7.57. The van der Waals surface area contributed by atoms with Gasteiger partial charge in [0.15, 0.2) is 0 Å². The lowest BCUT2D eigenvalue weighted by Crippen LogP contribution is -2.40. The van der Waals surface area contributed by atoms with Crippen LogP contribution in [0.15, 0.2) is 30.3 Å². The van der Waals surface area contributed by atoms with Gasteiger partial charge in [-0.15, -0.1) is 0 Å². The number of methoxy groups -OCH3 is 1. The van der Waals surface area contributed by atoms with E-state index >= 15 is 0 Å². The Morgan fingerprint density at radius 3 is 2.67 bits per heavy atom. The number of rotatable bonds is 7. The molecule has 1 amide bonds. The Kier molecular flexibility index (Phi) is 5.76. The van der Waals surface area contributed by atoms with Crippen molar-refractivity contribution in [3.63, 3.8) is 0 Å². The Morgan fingerprint density at radius 1 is 1.33 bits per heavy atom. The van der Waals surface area contributed by atoms with Crippen molar-refractivity contribution in [3.05, 3.63) is 35.9 Å². The van der Waals surface area contributed by atoms with E-state index in [4.69, 9.17) is 4.74 Å². The molecule has 0 aliphatic carbocycles. The van der Waals surface area contributed by atoms with Crippen molar-refractivity contribution in [1.29, 1.82) is 0 Å². The Labute approximate surface area is 127 Å². The van der Waals surface area contributed by atoms with Gasteiger partial charge in [0.05, 0.1) is 12.8 Å². The monoisotopic (exact) mass is 290 g/mol. The van der Waals surface area contributed by atoms with Gasteiger partial charge in [-0.1, -0.05) is 50.6 Å². The lowest BCUT2D eigenvalue weighted by Gasteiger charge is -2.26. The van der Waals surface area contributed by atoms with Crippen molar-refractivity contribution in [1.82, 2.24) is 10.2 Å². The first-order chi connectivity index (χ1) is 10.2. The average molecular weight is 290 g/mol. The Balaban J connectivity index is 2.12. The van der Waals surface area contributed by atoms with Gasteiger partial charge in [-0.3, -0.25) is 10.1 Å². The lowest BCUT2D eigenvalue weighted by atomic mass is 10.1. The maximum absolute atomic E-state index is 12.8. The third-order valence-corrected chi connectivity index (χ3v) is 3.92. The van der Waals surface area contributed by atoms with Crippen LogP contribution in [0.5, 0.6) is 0 Å². The SMILES string of the molecule is CCCC1NC(c2ccccc2)C(=O)N1CC(C)COC. The van der Waals surface area contributed by atoms with Crippen LogP contribution in [-0.2, 0) is 9.53 Å². The Morgan fingerprint density at radius 2 is 2.05 bits per heavy atom. The van der Waals surface area contributed by atoms with Crippen LogP contribution in [0.25, 0.3) is 0 Å². The van der Waals surface area contributed by atoms with Crippen molar-refractivity contribution in [2.45, 2.75) is 38.9 Å². The number of carbonyl (C=O) groups is 1. The molecule has 1 fully saturated rings. The number of hydrogen-bond donors (Lipinski definition) is 1. The maximum Gasteiger partial charge on any atom is 0.245 e. The largest absolute Gasteiger partial charge is 0.384 e. The van der Waals surface area contributed by atoms with E-state index in [0.29, 0.717) is 12.5 Å². The topological polar surface area (TPSA) is 41.6 Å². The first-order valence-electron chi connectivity index (χ1n) is 7.77. The van der Waals surface area contributed by atoms with Crippen molar-refractivity contribution in [2.24, 2.45) is 5.92 Å².